The average molecular weight is 419 g/mol. The fourth-order valence-electron chi connectivity index (χ4n) is 3.50. The molecule has 0 fully saturated rings. The lowest BCUT2D eigenvalue weighted by molar-refractivity contribution is -0.120. The molecule has 1 aliphatic rings. The number of amides is 2. The Bertz CT molecular complexity index is 1150. The van der Waals surface area contributed by atoms with E-state index in [-0.39, 0.29) is 17.5 Å². The number of ether oxygens (including phenoxy) is 1. The lowest BCUT2D eigenvalue weighted by atomic mass is 10.1. The van der Waals surface area contributed by atoms with Crippen molar-refractivity contribution in [2.24, 2.45) is 0 Å². The van der Waals surface area contributed by atoms with Crippen molar-refractivity contribution in [2.75, 3.05) is 16.8 Å². The lowest BCUT2D eigenvalue weighted by Gasteiger charge is -2.17. The van der Waals surface area contributed by atoms with Gasteiger partial charge in [0.1, 0.15) is 11.4 Å². The molecule has 0 aliphatic carbocycles. The molecule has 0 unspecified atom stereocenters. The van der Waals surface area contributed by atoms with Gasteiger partial charge in [-0.05, 0) is 56.0 Å². The van der Waals surface area contributed by atoms with Gasteiger partial charge >= 0.3 is 0 Å². The zero-order chi connectivity index (χ0) is 21.3. The molecule has 3 aromatic rings. The molecule has 1 aromatic heterocycles. The molecule has 6 heteroatoms. The number of imide groups is 1. The number of hydrogen-bond donors (Lipinski definition) is 1. The van der Waals surface area contributed by atoms with Crippen molar-refractivity contribution in [2.45, 2.75) is 20.8 Å². The monoisotopic (exact) mass is 418 g/mol. The predicted octanol–water partition coefficient (Wildman–Crippen LogP) is 5.16. The first-order valence-corrected chi connectivity index (χ1v) is 10.6. The van der Waals surface area contributed by atoms with Crippen LogP contribution in [0.1, 0.15) is 22.9 Å². The minimum absolute atomic E-state index is 0.288. The van der Waals surface area contributed by atoms with E-state index in [4.69, 9.17) is 4.74 Å². The van der Waals surface area contributed by atoms with Crippen molar-refractivity contribution < 1.29 is 14.3 Å². The maximum atomic E-state index is 13.4. The van der Waals surface area contributed by atoms with Gasteiger partial charge < -0.3 is 10.1 Å². The zero-order valence-electron chi connectivity index (χ0n) is 17.1. The third kappa shape index (κ3) is 3.62. The first-order valence-electron chi connectivity index (χ1n) is 9.73. The summed E-state index contributed by atoms with van der Waals surface area (Å²) in [5, 5.41) is 5.13. The van der Waals surface area contributed by atoms with Gasteiger partial charge in [-0.2, -0.15) is 0 Å². The van der Waals surface area contributed by atoms with E-state index in [0.29, 0.717) is 23.6 Å². The highest BCUT2D eigenvalue weighted by Crippen LogP contribution is 2.36. The van der Waals surface area contributed by atoms with Crippen LogP contribution in [0.25, 0.3) is 5.57 Å². The van der Waals surface area contributed by atoms with Crippen LogP contribution in [0.15, 0.2) is 65.7 Å². The second-order valence-corrected chi connectivity index (χ2v) is 7.99. The number of carbonyl (C=O) groups excluding carboxylic acids is 2. The number of hydrogen-bond acceptors (Lipinski definition) is 5. The predicted molar refractivity (Wildman–Crippen MR) is 121 cm³/mol. The maximum Gasteiger partial charge on any atom is 0.282 e. The van der Waals surface area contributed by atoms with Crippen LogP contribution in [-0.4, -0.2) is 18.4 Å². The normalized spacial score (nSPS) is 13.9. The second kappa shape index (κ2) is 8.16. The van der Waals surface area contributed by atoms with Crippen molar-refractivity contribution in [1.82, 2.24) is 0 Å². The third-order valence-electron chi connectivity index (χ3n) is 4.88. The summed E-state index contributed by atoms with van der Waals surface area (Å²) in [4.78, 5) is 28.8. The molecule has 2 heterocycles. The van der Waals surface area contributed by atoms with Gasteiger partial charge in [0.25, 0.3) is 11.8 Å². The van der Waals surface area contributed by atoms with E-state index in [0.717, 1.165) is 21.7 Å². The molecule has 4 rings (SSSR count). The Labute approximate surface area is 179 Å². The van der Waals surface area contributed by atoms with E-state index in [2.05, 4.69) is 5.32 Å². The van der Waals surface area contributed by atoms with Crippen LogP contribution in [0, 0.1) is 13.8 Å². The number of benzene rings is 2. The Kier molecular flexibility index (Phi) is 5.42. The average Bonchev–Trinajstić information content (AvgIpc) is 3.31. The SMILES string of the molecule is CCOc1cccc(N2C(=O)C(Nc3ccc(C)cc3C)=C(c3cccs3)C2=O)c1. The van der Waals surface area contributed by atoms with Crippen molar-refractivity contribution in [3.05, 3.63) is 81.7 Å². The molecule has 2 amide bonds. The summed E-state index contributed by atoms with van der Waals surface area (Å²) in [6.07, 6.45) is 0. The van der Waals surface area contributed by atoms with E-state index in [1.165, 1.54) is 16.2 Å². The minimum atomic E-state index is -0.378. The fourth-order valence-corrected chi connectivity index (χ4v) is 4.27. The van der Waals surface area contributed by atoms with Gasteiger partial charge in [0.2, 0.25) is 0 Å². The molecule has 0 saturated carbocycles. The molecule has 1 N–H and O–H groups in total. The minimum Gasteiger partial charge on any atom is -0.494 e. The number of anilines is 2. The molecule has 0 atom stereocenters. The number of nitrogens with one attached hydrogen (secondary N) is 1. The van der Waals surface area contributed by atoms with Crippen molar-refractivity contribution >= 4 is 40.1 Å². The fraction of sp³-hybridized carbons (Fsp3) is 0.167. The van der Waals surface area contributed by atoms with Gasteiger partial charge in [-0.15, -0.1) is 11.3 Å². The standard InChI is InChI=1S/C24H22N2O3S/c1-4-29-18-8-5-7-17(14-18)26-23(27)21(20-9-6-12-30-20)22(24(26)28)25-19-11-10-15(2)13-16(19)3/h5-14,25H,4H2,1-3H3. The number of aryl methyl sites for hydroxylation is 2. The first kappa shape index (κ1) is 19.9. The smallest absolute Gasteiger partial charge is 0.282 e. The highest BCUT2D eigenvalue weighted by Gasteiger charge is 2.41. The Morgan fingerprint density at radius 2 is 1.83 bits per heavy atom. The van der Waals surface area contributed by atoms with Gasteiger partial charge in [-0.25, -0.2) is 4.90 Å². The molecule has 0 saturated heterocycles. The molecule has 0 bridgehead atoms. The number of carbonyl (C=O) groups is 2. The Morgan fingerprint density at radius 1 is 1.00 bits per heavy atom. The molecule has 1 aliphatic heterocycles. The van der Waals surface area contributed by atoms with Crippen molar-refractivity contribution in [1.29, 1.82) is 0 Å². The van der Waals surface area contributed by atoms with Crippen LogP contribution in [-0.2, 0) is 9.59 Å². The summed E-state index contributed by atoms with van der Waals surface area (Å²) in [5.41, 5.74) is 4.10. The third-order valence-corrected chi connectivity index (χ3v) is 5.77. The summed E-state index contributed by atoms with van der Waals surface area (Å²) >= 11 is 1.43. The maximum absolute atomic E-state index is 13.4. The zero-order valence-corrected chi connectivity index (χ0v) is 17.9. The van der Waals surface area contributed by atoms with Crippen molar-refractivity contribution in [3.63, 3.8) is 0 Å². The largest absolute Gasteiger partial charge is 0.494 e. The molecule has 0 radical (unpaired) electrons. The van der Waals surface area contributed by atoms with E-state index in [1.807, 2.05) is 56.5 Å². The van der Waals surface area contributed by atoms with E-state index in [9.17, 15) is 9.59 Å². The highest BCUT2D eigenvalue weighted by molar-refractivity contribution is 7.11. The van der Waals surface area contributed by atoms with Crippen LogP contribution >= 0.6 is 11.3 Å². The summed E-state index contributed by atoms with van der Waals surface area (Å²) in [7, 11) is 0. The van der Waals surface area contributed by atoms with Crippen LogP contribution in [0.4, 0.5) is 11.4 Å². The molecular weight excluding hydrogens is 396 g/mol. The molecule has 152 valence electrons. The second-order valence-electron chi connectivity index (χ2n) is 7.05. The van der Waals surface area contributed by atoms with E-state index in [1.54, 1.807) is 24.3 Å². The number of nitrogens with zero attached hydrogens (tertiary/aromatic N) is 1. The molecule has 5 nitrogen and oxygen atoms in total. The van der Waals surface area contributed by atoms with Crippen LogP contribution < -0.4 is 15.0 Å². The van der Waals surface area contributed by atoms with E-state index < -0.39 is 0 Å². The van der Waals surface area contributed by atoms with Crippen LogP contribution in [0.2, 0.25) is 0 Å². The Morgan fingerprint density at radius 3 is 2.53 bits per heavy atom. The van der Waals surface area contributed by atoms with Gasteiger partial charge in [-0.1, -0.05) is 29.8 Å². The number of thiophene rings is 1. The summed E-state index contributed by atoms with van der Waals surface area (Å²) in [5.74, 6) is -0.107. The topological polar surface area (TPSA) is 58.6 Å². The van der Waals surface area contributed by atoms with Gasteiger partial charge in [0.05, 0.1) is 17.9 Å². The van der Waals surface area contributed by atoms with Crippen molar-refractivity contribution in [3.8, 4) is 5.75 Å². The molecule has 2 aromatic carbocycles. The highest BCUT2D eigenvalue weighted by atomic mass is 32.1. The molecule has 30 heavy (non-hydrogen) atoms. The first-order chi connectivity index (χ1) is 14.5. The molecular formula is C24H22N2O3S. The van der Waals surface area contributed by atoms with Crippen LogP contribution in [0.5, 0.6) is 5.75 Å². The Balaban J connectivity index is 1.78. The van der Waals surface area contributed by atoms with Gasteiger partial charge in [0.15, 0.2) is 0 Å². The Hall–Kier alpha value is -3.38. The van der Waals surface area contributed by atoms with Gasteiger partial charge in [-0.3, -0.25) is 9.59 Å². The van der Waals surface area contributed by atoms with Gasteiger partial charge in [0, 0.05) is 16.6 Å². The molecule has 0 spiro atoms. The summed E-state index contributed by atoms with van der Waals surface area (Å²) < 4.78 is 5.55. The van der Waals surface area contributed by atoms with Crippen LogP contribution in [0.3, 0.4) is 0 Å². The quantitative estimate of drug-likeness (QED) is 0.562. The van der Waals surface area contributed by atoms with E-state index >= 15 is 0 Å². The summed E-state index contributed by atoms with van der Waals surface area (Å²) in [6, 6.07) is 16.7. The summed E-state index contributed by atoms with van der Waals surface area (Å²) in [6.45, 7) is 6.39. The number of rotatable bonds is 6. The lowest BCUT2D eigenvalue weighted by Crippen LogP contribution is -2.32.